The molecule has 5 aromatic rings. The molecule has 0 aliphatic rings. The number of amides is 2. The minimum absolute atomic E-state index is 0.0690. The average molecular weight is 712 g/mol. The molecular weight excluding hydrogens is 663 g/mol. The number of ketones is 1. The number of nitrogens with zero attached hydrogens (tertiary/aromatic N) is 1. The van der Waals surface area contributed by atoms with Gasteiger partial charge in [-0.15, -0.1) is 0 Å². The van der Waals surface area contributed by atoms with Gasteiger partial charge in [-0.25, -0.2) is 9.59 Å². The number of ether oxygens (including phenoxy) is 2. The summed E-state index contributed by atoms with van der Waals surface area (Å²) in [5, 5.41) is 6.37. The van der Waals surface area contributed by atoms with Crippen LogP contribution in [0, 0.1) is 0 Å². The summed E-state index contributed by atoms with van der Waals surface area (Å²) in [5.41, 5.74) is 6.01. The summed E-state index contributed by atoms with van der Waals surface area (Å²) >= 11 is 0. The van der Waals surface area contributed by atoms with Gasteiger partial charge < -0.3 is 20.1 Å². The van der Waals surface area contributed by atoms with Crippen molar-refractivity contribution in [3.05, 3.63) is 150 Å². The van der Waals surface area contributed by atoms with Crippen LogP contribution < -0.4 is 20.3 Å². The van der Waals surface area contributed by atoms with Crippen molar-refractivity contribution in [1.29, 1.82) is 0 Å². The molecule has 2 amide bonds. The van der Waals surface area contributed by atoms with Gasteiger partial charge in [0.05, 0.1) is 7.11 Å². The summed E-state index contributed by atoms with van der Waals surface area (Å²) in [6.07, 6.45) is 6.01. The summed E-state index contributed by atoms with van der Waals surface area (Å²) in [4.78, 5) is 41.8. The number of methoxy groups -OCH3 is 1. The lowest BCUT2D eigenvalue weighted by atomic mass is 9.98. The highest BCUT2D eigenvalue weighted by atomic mass is 16.5. The second-order valence-electron chi connectivity index (χ2n) is 13.1. The molecule has 0 saturated carbocycles. The molecule has 1 atom stereocenters. The van der Waals surface area contributed by atoms with Crippen LogP contribution >= 0.6 is 0 Å². The molecule has 53 heavy (non-hydrogen) atoms. The van der Waals surface area contributed by atoms with Crippen molar-refractivity contribution in [2.75, 3.05) is 30.9 Å². The van der Waals surface area contributed by atoms with Crippen LogP contribution in [0.1, 0.15) is 66.1 Å². The zero-order valence-electron chi connectivity index (χ0n) is 30.8. The predicted molar refractivity (Wildman–Crippen MR) is 213 cm³/mol. The molecule has 2 N–H and O–H groups in total. The summed E-state index contributed by atoms with van der Waals surface area (Å²) < 4.78 is 11.2. The van der Waals surface area contributed by atoms with E-state index in [0.717, 1.165) is 40.8 Å². The smallest absolute Gasteiger partial charge is 0.329 e. The number of rotatable bonds is 18. The number of nitrogens with one attached hydrogen (secondary N) is 2. The maximum atomic E-state index is 13.8. The van der Waals surface area contributed by atoms with Crippen molar-refractivity contribution < 1.29 is 23.9 Å². The summed E-state index contributed by atoms with van der Waals surface area (Å²) in [7, 11) is 3.37. The van der Waals surface area contributed by atoms with E-state index in [1.54, 1.807) is 43.3 Å². The van der Waals surface area contributed by atoms with Gasteiger partial charge in [0, 0.05) is 42.5 Å². The van der Waals surface area contributed by atoms with Crippen molar-refractivity contribution in [3.63, 3.8) is 0 Å². The first-order valence-electron chi connectivity index (χ1n) is 18.3. The molecule has 0 fully saturated rings. The monoisotopic (exact) mass is 711 g/mol. The van der Waals surface area contributed by atoms with Gasteiger partial charge in [0.2, 0.25) is 0 Å². The molecule has 0 heterocycles. The fourth-order valence-corrected chi connectivity index (χ4v) is 6.07. The lowest BCUT2D eigenvalue weighted by Crippen LogP contribution is -2.37. The Kier molecular flexibility index (Phi) is 14.2. The maximum absolute atomic E-state index is 13.8. The number of unbranched alkanes of at least 4 members (excludes halogenated alkanes) is 4. The minimum Gasteiger partial charge on any atom is -0.497 e. The highest BCUT2D eigenvalue weighted by Gasteiger charge is 2.24. The van der Waals surface area contributed by atoms with Gasteiger partial charge in [-0.3, -0.25) is 9.69 Å². The fraction of sp³-hybridized carbons (Fsp3) is 0.267. The number of hydrogen-bond acceptors (Lipinski definition) is 6. The largest absolute Gasteiger partial charge is 0.497 e. The average Bonchev–Trinajstić information content (AvgIpc) is 3.21. The number of urea groups is 1. The summed E-state index contributed by atoms with van der Waals surface area (Å²) in [6, 6.07) is 38.6. The van der Waals surface area contributed by atoms with E-state index in [9.17, 15) is 14.4 Å². The molecule has 5 rings (SSSR count). The second-order valence-corrected chi connectivity index (χ2v) is 13.1. The molecule has 0 aliphatic carbocycles. The van der Waals surface area contributed by atoms with E-state index in [0.29, 0.717) is 35.5 Å². The van der Waals surface area contributed by atoms with Crippen molar-refractivity contribution in [1.82, 2.24) is 5.32 Å². The molecule has 0 aromatic heterocycles. The standard InChI is InChI=1S/C45H49N3O5/c1-4-5-6-7-13-28-46-45(51)48(2)38-20-15-19-37(31-38)35-26-24-33(25-27-35)30-42(44(50)53-32-34-16-14-21-39(29-34)52-3)47-41-23-12-11-22-40(41)43(49)36-17-9-8-10-18-36/h8-12,14-27,29,31,42,47H,4-7,13,28,30,32H2,1-3H3,(H,46,51)/t42-/m0/s1. The Hall–Kier alpha value is -5.89. The van der Waals surface area contributed by atoms with Crippen LogP contribution in [0.5, 0.6) is 5.75 Å². The lowest BCUT2D eigenvalue weighted by molar-refractivity contribution is -0.145. The van der Waals surface area contributed by atoms with Gasteiger partial charge in [-0.2, -0.15) is 0 Å². The third kappa shape index (κ3) is 11.0. The summed E-state index contributed by atoms with van der Waals surface area (Å²) in [6.45, 7) is 2.92. The van der Waals surface area contributed by atoms with E-state index in [1.807, 2.05) is 103 Å². The number of esters is 1. The maximum Gasteiger partial charge on any atom is 0.329 e. The third-order valence-corrected chi connectivity index (χ3v) is 9.16. The molecule has 8 heteroatoms. The molecule has 0 spiro atoms. The number of hydrogen-bond donors (Lipinski definition) is 2. The number of benzene rings is 5. The Morgan fingerprint density at radius 1 is 0.717 bits per heavy atom. The molecule has 0 radical (unpaired) electrons. The Bertz CT molecular complexity index is 1940. The van der Waals surface area contributed by atoms with Crippen LogP contribution in [0.4, 0.5) is 16.2 Å². The Morgan fingerprint density at radius 3 is 2.23 bits per heavy atom. The van der Waals surface area contributed by atoms with Gasteiger partial charge >= 0.3 is 12.0 Å². The normalized spacial score (nSPS) is 11.3. The Labute approximate surface area is 313 Å². The number of carbonyl (C=O) groups excluding carboxylic acids is 3. The van der Waals surface area contributed by atoms with Gasteiger partial charge in [-0.1, -0.05) is 124 Å². The van der Waals surface area contributed by atoms with Crippen molar-refractivity contribution in [2.45, 2.75) is 58.1 Å². The molecule has 8 nitrogen and oxygen atoms in total. The van der Waals surface area contributed by atoms with Crippen LogP contribution in [-0.4, -0.2) is 44.5 Å². The van der Waals surface area contributed by atoms with E-state index < -0.39 is 12.0 Å². The first-order valence-corrected chi connectivity index (χ1v) is 18.3. The van der Waals surface area contributed by atoms with Gasteiger partial charge in [0.1, 0.15) is 18.4 Å². The number of carbonyl (C=O) groups is 3. The van der Waals surface area contributed by atoms with Gasteiger partial charge in [0.25, 0.3) is 0 Å². The van der Waals surface area contributed by atoms with Gasteiger partial charge in [-0.05, 0) is 65.1 Å². The Balaban J connectivity index is 1.31. The number of anilines is 2. The zero-order chi connectivity index (χ0) is 37.4. The topological polar surface area (TPSA) is 97.0 Å². The predicted octanol–water partition coefficient (Wildman–Crippen LogP) is 9.48. The first kappa shape index (κ1) is 38.3. The van der Waals surface area contributed by atoms with E-state index >= 15 is 0 Å². The van der Waals surface area contributed by atoms with Crippen LogP contribution in [0.2, 0.25) is 0 Å². The molecule has 0 saturated heterocycles. The lowest BCUT2D eigenvalue weighted by Gasteiger charge is -2.21. The third-order valence-electron chi connectivity index (χ3n) is 9.16. The van der Waals surface area contributed by atoms with E-state index in [-0.39, 0.29) is 18.4 Å². The van der Waals surface area contributed by atoms with Crippen LogP contribution in [-0.2, 0) is 22.6 Å². The SMILES string of the molecule is CCCCCCCNC(=O)N(C)c1cccc(-c2ccc(C[C@H](Nc3ccccc3C(=O)c3ccccc3)C(=O)OCc3cccc(OC)c3)cc2)c1. The molecule has 274 valence electrons. The second kappa shape index (κ2) is 19.6. The Morgan fingerprint density at radius 2 is 1.45 bits per heavy atom. The molecule has 0 unspecified atom stereocenters. The van der Waals surface area contributed by atoms with E-state index in [2.05, 4.69) is 17.6 Å². The fourth-order valence-electron chi connectivity index (χ4n) is 6.07. The van der Waals surface area contributed by atoms with Gasteiger partial charge in [0.15, 0.2) is 5.78 Å². The highest BCUT2D eigenvalue weighted by Crippen LogP contribution is 2.27. The highest BCUT2D eigenvalue weighted by molar-refractivity contribution is 6.12. The molecule has 0 aliphatic heterocycles. The van der Waals surface area contributed by atoms with Crippen LogP contribution in [0.3, 0.4) is 0 Å². The van der Waals surface area contributed by atoms with E-state index in [1.165, 1.54) is 19.3 Å². The molecule has 5 aromatic carbocycles. The molecular formula is C45H49N3O5. The first-order chi connectivity index (χ1) is 25.9. The molecule has 0 bridgehead atoms. The van der Waals surface area contributed by atoms with Crippen LogP contribution in [0.25, 0.3) is 11.1 Å². The number of para-hydroxylation sites is 1. The van der Waals surface area contributed by atoms with Crippen LogP contribution in [0.15, 0.2) is 127 Å². The summed E-state index contributed by atoms with van der Waals surface area (Å²) in [5.74, 6) is 0.0819. The van der Waals surface area contributed by atoms with E-state index in [4.69, 9.17) is 9.47 Å². The van der Waals surface area contributed by atoms with Crippen molar-refractivity contribution >= 4 is 29.2 Å². The quantitative estimate of drug-likeness (QED) is 0.0534. The van der Waals surface area contributed by atoms with Crippen molar-refractivity contribution in [2.24, 2.45) is 0 Å². The van der Waals surface area contributed by atoms with Crippen molar-refractivity contribution in [3.8, 4) is 16.9 Å². The zero-order valence-corrected chi connectivity index (χ0v) is 30.8. The minimum atomic E-state index is -0.793.